The van der Waals surface area contributed by atoms with Gasteiger partial charge < -0.3 is 4.90 Å². The van der Waals surface area contributed by atoms with Crippen molar-refractivity contribution in [1.82, 2.24) is 9.21 Å². The van der Waals surface area contributed by atoms with Gasteiger partial charge in [-0.1, -0.05) is 12.1 Å². The molecular weight excluding hydrogens is 288 g/mol. The van der Waals surface area contributed by atoms with Gasteiger partial charge in [0.15, 0.2) is 5.78 Å². The number of nitrogens with zero attached hydrogens (tertiary/aromatic N) is 2. The maximum absolute atomic E-state index is 12.5. The Kier molecular flexibility index (Phi) is 5.13. The monoisotopic (exact) mass is 310 g/mol. The fraction of sp³-hybridized carbons (Fsp3) is 0.533. The van der Waals surface area contributed by atoms with Crippen LogP contribution >= 0.6 is 0 Å². The van der Waals surface area contributed by atoms with E-state index >= 15 is 0 Å². The van der Waals surface area contributed by atoms with Crippen molar-refractivity contribution in [2.24, 2.45) is 0 Å². The second-order valence-electron chi connectivity index (χ2n) is 5.46. The molecule has 0 aliphatic carbocycles. The first-order valence-corrected chi connectivity index (χ1v) is 8.65. The normalized spacial score (nSPS) is 16.5. The minimum atomic E-state index is -3.53. The number of benzene rings is 1. The Morgan fingerprint density at radius 1 is 1.29 bits per heavy atom. The summed E-state index contributed by atoms with van der Waals surface area (Å²) in [4.78, 5) is 13.8. The van der Waals surface area contributed by atoms with E-state index in [2.05, 4.69) is 4.90 Å². The molecule has 0 spiro atoms. The summed E-state index contributed by atoms with van der Waals surface area (Å²) in [5.74, 6) is -0.133. The van der Waals surface area contributed by atoms with Gasteiger partial charge in [-0.2, -0.15) is 4.31 Å². The Balaban J connectivity index is 2.08. The summed E-state index contributed by atoms with van der Waals surface area (Å²) in [5, 5.41) is 0. The van der Waals surface area contributed by atoms with Gasteiger partial charge in [0.05, 0.1) is 4.90 Å². The zero-order valence-electron chi connectivity index (χ0n) is 12.6. The Hall–Kier alpha value is -1.24. The van der Waals surface area contributed by atoms with Crippen LogP contribution in [0.5, 0.6) is 0 Å². The van der Waals surface area contributed by atoms with Crippen LogP contribution in [0.25, 0.3) is 0 Å². The summed E-state index contributed by atoms with van der Waals surface area (Å²) in [5.41, 5.74) is 0.420. The van der Waals surface area contributed by atoms with Crippen LogP contribution < -0.4 is 0 Å². The van der Waals surface area contributed by atoms with E-state index in [1.807, 2.05) is 0 Å². The second-order valence-corrected chi connectivity index (χ2v) is 7.50. The lowest BCUT2D eigenvalue weighted by molar-refractivity contribution is 0.101. The molecule has 0 atom stereocenters. The maximum Gasteiger partial charge on any atom is 0.242 e. The summed E-state index contributed by atoms with van der Waals surface area (Å²) in [6, 6.07) is 6.22. The molecule has 0 amide bonds. The number of likely N-dealkylation sites (N-methyl/N-ethyl adjacent to an activating group) is 1. The molecule has 0 aromatic heterocycles. The summed E-state index contributed by atoms with van der Waals surface area (Å²) >= 11 is 0. The molecule has 0 bridgehead atoms. The van der Waals surface area contributed by atoms with E-state index in [1.54, 1.807) is 19.2 Å². The van der Waals surface area contributed by atoms with Crippen LogP contribution in [0.2, 0.25) is 0 Å². The second kappa shape index (κ2) is 6.68. The van der Waals surface area contributed by atoms with Crippen molar-refractivity contribution in [3.63, 3.8) is 0 Å². The first-order chi connectivity index (χ1) is 9.91. The van der Waals surface area contributed by atoms with Crippen LogP contribution in [0.3, 0.4) is 0 Å². The number of hydrogen-bond acceptors (Lipinski definition) is 4. The van der Waals surface area contributed by atoms with E-state index in [0.29, 0.717) is 12.1 Å². The number of ketones is 1. The van der Waals surface area contributed by atoms with Gasteiger partial charge in [0.25, 0.3) is 0 Å². The van der Waals surface area contributed by atoms with Gasteiger partial charge in [-0.25, -0.2) is 8.42 Å². The molecule has 0 N–H and O–H groups in total. The van der Waals surface area contributed by atoms with Gasteiger partial charge >= 0.3 is 0 Å². The van der Waals surface area contributed by atoms with Crippen LogP contribution in [-0.4, -0.2) is 56.6 Å². The molecule has 1 aliphatic heterocycles. The molecule has 1 aromatic rings. The fourth-order valence-electron chi connectivity index (χ4n) is 2.46. The Labute approximate surface area is 126 Å². The van der Waals surface area contributed by atoms with Crippen LogP contribution in [0, 0.1) is 0 Å². The minimum absolute atomic E-state index is 0.133. The number of carbonyl (C=O) groups is 1. The summed E-state index contributed by atoms with van der Waals surface area (Å²) in [7, 11) is -1.94. The molecule has 5 nitrogen and oxygen atoms in total. The van der Waals surface area contributed by atoms with E-state index in [0.717, 1.165) is 19.6 Å². The third-order valence-corrected chi connectivity index (χ3v) is 5.73. The summed E-state index contributed by atoms with van der Waals surface area (Å²) in [6.07, 6.45) is 2.38. The first kappa shape index (κ1) is 16.1. The van der Waals surface area contributed by atoms with Crippen molar-refractivity contribution in [3.8, 4) is 0 Å². The lowest BCUT2D eigenvalue weighted by atomic mass is 10.2. The van der Waals surface area contributed by atoms with Crippen LogP contribution in [0.15, 0.2) is 29.2 Å². The molecule has 21 heavy (non-hydrogen) atoms. The van der Waals surface area contributed by atoms with E-state index in [-0.39, 0.29) is 10.7 Å². The Bertz CT molecular complexity index is 607. The standard InChI is InChI=1S/C15H22N2O3S/c1-13(18)14-6-5-7-15(12-14)21(19,20)16(2)10-11-17-8-3-4-9-17/h5-7,12H,3-4,8-11H2,1-2H3. The van der Waals surface area contributed by atoms with E-state index in [9.17, 15) is 13.2 Å². The summed E-state index contributed by atoms with van der Waals surface area (Å²) in [6.45, 7) is 4.75. The third-order valence-electron chi connectivity index (χ3n) is 3.88. The minimum Gasteiger partial charge on any atom is -0.302 e. The molecule has 6 heteroatoms. The number of likely N-dealkylation sites (tertiary alicyclic amines) is 1. The summed E-state index contributed by atoms with van der Waals surface area (Å²) < 4.78 is 26.4. The average molecular weight is 310 g/mol. The number of rotatable bonds is 6. The lowest BCUT2D eigenvalue weighted by Crippen LogP contribution is -2.35. The van der Waals surface area contributed by atoms with Crippen molar-refractivity contribution in [2.75, 3.05) is 33.2 Å². The highest BCUT2D eigenvalue weighted by atomic mass is 32.2. The Morgan fingerprint density at radius 3 is 2.57 bits per heavy atom. The van der Waals surface area contributed by atoms with Crippen LogP contribution in [-0.2, 0) is 10.0 Å². The smallest absolute Gasteiger partial charge is 0.242 e. The molecule has 1 aromatic carbocycles. The van der Waals surface area contributed by atoms with Gasteiger partial charge in [-0.05, 0) is 45.0 Å². The quantitative estimate of drug-likeness (QED) is 0.749. The van der Waals surface area contributed by atoms with Crippen molar-refractivity contribution < 1.29 is 13.2 Å². The molecule has 116 valence electrons. The molecule has 1 saturated heterocycles. The highest BCUT2D eigenvalue weighted by Crippen LogP contribution is 2.17. The topological polar surface area (TPSA) is 57.7 Å². The number of carbonyl (C=O) groups excluding carboxylic acids is 1. The van der Waals surface area contributed by atoms with Gasteiger partial charge in [0.2, 0.25) is 10.0 Å². The molecule has 1 heterocycles. The van der Waals surface area contributed by atoms with Gasteiger partial charge in [-0.15, -0.1) is 0 Å². The predicted molar refractivity (Wildman–Crippen MR) is 81.9 cm³/mol. The molecule has 2 rings (SSSR count). The number of sulfonamides is 1. The van der Waals surface area contributed by atoms with Gasteiger partial charge in [-0.3, -0.25) is 4.79 Å². The molecule has 1 aliphatic rings. The molecule has 0 unspecified atom stereocenters. The van der Waals surface area contributed by atoms with Gasteiger partial charge in [0.1, 0.15) is 0 Å². The highest BCUT2D eigenvalue weighted by Gasteiger charge is 2.22. The first-order valence-electron chi connectivity index (χ1n) is 7.21. The van der Waals surface area contributed by atoms with Crippen molar-refractivity contribution in [1.29, 1.82) is 0 Å². The molecule has 1 fully saturated rings. The van der Waals surface area contributed by atoms with Crippen molar-refractivity contribution in [2.45, 2.75) is 24.7 Å². The molecule has 0 saturated carbocycles. The zero-order valence-corrected chi connectivity index (χ0v) is 13.4. The fourth-order valence-corrected chi connectivity index (χ4v) is 3.67. The maximum atomic E-state index is 12.5. The number of hydrogen-bond donors (Lipinski definition) is 0. The SMILES string of the molecule is CC(=O)c1cccc(S(=O)(=O)N(C)CCN2CCCC2)c1. The zero-order chi connectivity index (χ0) is 15.5. The molecular formula is C15H22N2O3S. The highest BCUT2D eigenvalue weighted by molar-refractivity contribution is 7.89. The largest absolute Gasteiger partial charge is 0.302 e. The van der Waals surface area contributed by atoms with Crippen molar-refractivity contribution in [3.05, 3.63) is 29.8 Å². The van der Waals surface area contributed by atoms with E-state index in [4.69, 9.17) is 0 Å². The third kappa shape index (κ3) is 3.90. The average Bonchev–Trinajstić information content (AvgIpc) is 2.98. The van der Waals surface area contributed by atoms with Crippen molar-refractivity contribution >= 4 is 15.8 Å². The van der Waals surface area contributed by atoms with Crippen LogP contribution in [0.1, 0.15) is 30.1 Å². The molecule has 0 radical (unpaired) electrons. The van der Waals surface area contributed by atoms with Crippen LogP contribution in [0.4, 0.5) is 0 Å². The van der Waals surface area contributed by atoms with E-state index in [1.165, 1.54) is 36.2 Å². The number of Topliss-reactive ketones (excluding diaryl/α,β-unsaturated/α-hetero) is 1. The van der Waals surface area contributed by atoms with Gasteiger partial charge in [0, 0.05) is 25.7 Å². The predicted octanol–water partition coefficient (Wildman–Crippen LogP) is 1.61. The van der Waals surface area contributed by atoms with E-state index < -0.39 is 10.0 Å². The lowest BCUT2D eigenvalue weighted by Gasteiger charge is -2.21. The Morgan fingerprint density at radius 2 is 1.95 bits per heavy atom.